The Morgan fingerprint density at radius 1 is 0.830 bits per heavy atom. The van der Waals surface area contributed by atoms with Gasteiger partial charge in [0.05, 0.1) is 0 Å². The van der Waals surface area contributed by atoms with Gasteiger partial charge in [-0.1, -0.05) is 122 Å². The van der Waals surface area contributed by atoms with Crippen molar-refractivity contribution >= 4 is 39.5 Å². The molecule has 0 radical (unpaired) electrons. The summed E-state index contributed by atoms with van der Waals surface area (Å²) in [6.45, 7) is 15.4. The van der Waals surface area contributed by atoms with Gasteiger partial charge in [0, 0.05) is 34.9 Å². The first kappa shape index (κ1) is 32.6. The molecule has 0 heterocycles. The summed E-state index contributed by atoms with van der Waals surface area (Å²) in [4.78, 5) is 0. The van der Waals surface area contributed by atoms with Gasteiger partial charge in [-0.15, -0.1) is 0 Å². The molecule has 0 amide bonds. The topological polar surface area (TPSA) is 50.1 Å². The molecule has 0 aromatic heterocycles. The standard InChI is InChI=1S/C44H43N3/c1-6-14-43(46-7-2)33(5)23-28-42(45)37-25-21-31(3)35(29-37)24-22-32(4)39-27-26-36(30-44(39)47-38-17-9-8-10-18-38)41-20-13-16-34-15-11-12-19-40(34)41/h6,8-30,46-47H,1,4,7,45H2,2-3,5H3/b24-22-,33-23+,42-28-,43-14-. The third-order valence-electron chi connectivity index (χ3n) is 8.19. The lowest BCUT2D eigenvalue weighted by Crippen LogP contribution is -2.12. The Kier molecular flexibility index (Phi) is 10.7. The predicted molar refractivity (Wildman–Crippen MR) is 206 cm³/mol. The third-order valence-corrected chi connectivity index (χ3v) is 8.19. The summed E-state index contributed by atoms with van der Waals surface area (Å²) in [6.07, 6.45) is 12.0. The molecular formula is C44H43N3. The van der Waals surface area contributed by atoms with Crippen LogP contribution in [-0.2, 0) is 0 Å². The Hall–Kier alpha value is -5.80. The fourth-order valence-corrected chi connectivity index (χ4v) is 5.57. The summed E-state index contributed by atoms with van der Waals surface area (Å²) >= 11 is 0. The summed E-state index contributed by atoms with van der Waals surface area (Å²) in [6, 6.07) is 38.1. The van der Waals surface area contributed by atoms with Crippen molar-refractivity contribution in [3.8, 4) is 11.1 Å². The van der Waals surface area contributed by atoms with Crippen LogP contribution in [0.3, 0.4) is 0 Å². The van der Waals surface area contributed by atoms with Crippen LogP contribution >= 0.6 is 0 Å². The van der Waals surface area contributed by atoms with Gasteiger partial charge >= 0.3 is 0 Å². The van der Waals surface area contributed by atoms with Gasteiger partial charge in [-0.05, 0) is 107 Å². The molecule has 3 heteroatoms. The zero-order valence-corrected chi connectivity index (χ0v) is 27.6. The van der Waals surface area contributed by atoms with Crippen LogP contribution in [0, 0.1) is 6.92 Å². The van der Waals surface area contributed by atoms with Crippen LogP contribution in [0.5, 0.6) is 0 Å². The van der Waals surface area contributed by atoms with E-state index in [4.69, 9.17) is 5.73 Å². The van der Waals surface area contributed by atoms with Crippen molar-refractivity contribution < 1.29 is 0 Å². The van der Waals surface area contributed by atoms with Crippen LogP contribution in [0.15, 0.2) is 164 Å². The van der Waals surface area contributed by atoms with Gasteiger partial charge in [-0.25, -0.2) is 0 Å². The van der Waals surface area contributed by atoms with Crippen molar-refractivity contribution in [2.45, 2.75) is 20.8 Å². The van der Waals surface area contributed by atoms with E-state index in [1.54, 1.807) is 6.08 Å². The van der Waals surface area contributed by atoms with Crippen LogP contribution in [0.2, 0.25) is 0 Å². The number of hydrogen-bond acceptors (Lipinski definition) is 3. The monoisotopic (exact) mass is 613 g/mol. The highest BCUT2D eigenvalue weighted by molar-refractivity contribution is 5.98. The van der Waals surface area contributed by atoms with Crippen LogP contribution in [0.1, 0.15) is 36.1 Å². The number of anilines is 2. The molecule has 4 N–H and O–H groups in total. The molecule has 0 aliphatic rings. The van der Waals surface area contributed by atoms with Gasteiger partial charge in [0.2, 0.25) is 0 Å². The van der Waals surface area contributed by atoms with E-state index >= 15 is 0 Å². The summed E-state index contributed by atoms with van der Waals surface area (Å²) in [5, 5.41) is 9.48. The second-order valence-corrected chi connectivity index (χ2v) is 11.5. The normalized spacial score (nSPS) is 12.4. The zero-order chi connectivity index (χ0) is 33.2. The number of benzene rings is 5. The van der Waals surface area contributed by atoms with Crippen molar-refractivity contribution in [3.05, 3.63) is 186 Å². The first-order valence-corrected chi connectivity index (χ1v) is 16.0. The smallest absolute Gasteiger partial charge is 0.0469 e. The molecule has 0 aliphatic carbocycles. The van der Waals surface area contributed by atoms with E-state index in [-0.39, 0.29) is 0 Å². The number of likely N-dealkylation sites (N-methyl/N-ethyl adjacent to an activating group) is 1. The molecule has 0 unspecified atom stereocenters. The molecule has 0 bridgehead atoms. The number of rotatable bonds is 12. The van der Waals surface area contributed by atoms with Crippen molar-refractivity contribution in [1.82, 2.24) is 5.32 Å². The van der Waals surface area contributed by atoms with Crippen LogP contribution in [0.25, 0.3) is 39.2 Å². The molecule has 0 aliphatic heterocycles. The van der Waals surface area contributed by atoms with Crippen LogP contribution < -0.4 is 16.4 Å². The summed E-state index contributed by atoms with van der Waals surface area (Å²) in [5.41, 5.74) is 18.9. The van der Waals surface area contributed by atoms with Gasteiger partial charge in [-0.2, -0.15) is 0 Å². The number of hydrogen-bond donors (Lipinski definition) is 3. The van der Waals surface area contributed by atoms with Crippen molar-refractivity contribution in [2.24, 2.45) is 5.73 Å². The summed E-state index contributed by atoms with van der Waals surface area (Å²) < 4.78 is 0. The molecular weight excluding hydrogens is 571 g/mol. The SMILES string of the molecule is C=C/C=C(NCC)/C(C)=C/C=C(\N)c1ccc(C)c(/C=C\C(=C)c2ccc(-c3cccc4ccccc34)cc2Nc2ccccc2)c1. The highest BCUT2D eigenvalue weighted by atomic mass is 14.9. The molecule has 234 valence electrons. The van der Waals surface area contributed by atoms with Gasteiger partial charge in [-0.3, -0.25) is 0 Å². The van der Waals surface area contributed by atoms with E-state index in [9.17, 15) is 0 Å². The van der Waals surface area contributed by atoms with E-state index in [1.165, 1.54) is 16.3 Å². The zero-order valence-electron chi connectivity index (χ0n) is 27.6. The first-order valence-electron chi connectivity index (χ1n) is 16.0. The maximum atomic E-state index is 6.55. The van der Waals surface area contributed by atoms with E-state index < -0.39 is 0 Å². The van der Waals surface area contributed by atoms with Crippen molar-refractivity contribution in [1.29, 1.82) is 0 Å². The van der Waals surface area contributed by atoms with Crippen LogP contribution in [0.4, 0.5) is 11.4 Å². The third kappa shape index (κ3) is 8.08. The largest absolute Gasteiger partial charge is 0.398 e. The highest BCUT2D eigenvalue weighted by Gasteiger charge is 2.11. The lowest BCUT2D eigenvalue weighted by molar-refractivity contribution is 0.862. The second kappa shape index (κ2) is 15.5. The number of nitrogens with one attached hydrogen (secondary N) is 2. The average molecular weight is 614 g/mol. The Balaban J connectivity index is 1.46. The number of aryl methyl sites for hydroxylation is 1. The fraction of sp³-hybridized carbons (Fsp3) is 0.0909. The molecule has 5 aromatic carbocycles. The maximum absolute atomic E-state index is 6.55. The highest BCUT2D eigenvalue weighted by Crippen LogP contribution is 2.35. The van der Waals surface area contributed by atoms with Gasteiger partial charge in [0.15, 0.2) is 0 Å². The lowest BCUT2D eigenvalue weighted by Gasteiger charge is -2.16. The predicted octanol–water partition coefficient (Wildman–Crippen LogP) is 11.2. The number of allylic oxidation sites excluding steroid dienone is 7. The van der Waals surface area contributed by atoms with Crippen LogP contribution in [-0.4, -0.2) is 6.54 Å². The van der Waals surface area contributed by atoms with Gasteiger partial charge in [0.1, 0.15) is 0 Å². The van der Waals surface area contributed by atoms with E-state index in [0.717, 1.165) is 62.6 Å². The Morgan fingerprint density at radius 3 is 2.38 bits per heavy atom. The maximum Gasteiger partial charge on any atom is 0.0469 e. The van der Waals surface area contributed by atoms with Crippen molar-refractivity contribution in [2.75, 3.05) is 11.9 Å². The number of fused-ring (bicyclic) bond motifs is 1. The number of para-hydroxylation sites is 1. The molecule has 0 saturated carbocycles. The molecule has 47 heavy (non-hydrogen) atoms. The molecule has 0 atom stereocenters. The fourth-order valence-electron chi connectivity index (χ4n) is 5.57. The Bertz CT molecular complexity index is 2020. The molecule has 3 nitrogen and oxygen atoms in total. The summed E-state index contributed by atoms with van der Waals surface area (Å²) in [5.74, 6) is 0. The Labute approximate surface area is 279 Å². The van der Waals surface area contributed by atoms with E-state index in [1.807, 2.05) is 36.4 Å². The minimum absolute atomic E-state index is 0.700. The molecule has 5 rings (SSSR count). The molecule has 0 fully saturated rings. The Morgan fingerprint density at radius 2 is 1.60 bits per heavy atom. The quantitative estimate of drug-likeness (QED) is 0.123. The molecule has 0 spiro atoms. The number of nitrogens with two attached hydrogens (primary N) is 1. The molecule has 5 aromatic rings. The lowest BCUT2D eigenvalue weighted by atomic mass is 9.94. The second-order valence-electron chi connectivity index (χ2n) is 11.5. The van der Waals surface area contributed by atoms with Gasteiger partial charge < -0.3 is 16.4 Å². The van der Waals surface area contributed by atoms with Crippen molar-refractivity contribution in [3.63, 3.8) is 0 Å². The average Bonchev–Trinajstić information content (AvgIpc) is 3.10. The minimum Gasteiger partial charge on any atom is -0.398 e. The minimum atomic E-state index is 0.700. The summed E-state index contributed by atoms with van der Waals surface area (Å²) in [7, 11) is 0. The van der Waals surface area contributed by atoms with E-state index in [0.29, 0.717) is 5.70 Å². The first-order chi connectivity index (χ1) is 22.9. The molecule has 0 saturated heterocycles. The van der Waals surface area contributed by atoms with E-state index in [2.05, 4.69) is 148 Å². The van der Waals surface area contributed by atoms with Gasteiger partial charge in [0.25, 0.3) is 0 Å².